The maximum Gasteiger partial charge on any atom is 0.274 e. The van der Waals surface area contributed by atoms with Gasteiger partial charge >= 0.3 is 0 Å². The van der Waals surface area contributed by atoms with Gasteiger partial charge in [-0.15, -0.1) is 5.10 Å². The molecule has 0 aliphatic carbocycles. The Hall–Kier alpha value is -3.36. The molecule has 0 spiro atoms. The molecule has 0 N–H and O–H groups in total. The standard InChI is InChI=1S/C22H23FN4O4/c1-13-14(2)22(25-27-20(28)5-7-24-21(13)27)26-8-6-17(16(23)12-26)31-15-3-4-18-19(11-15)30-10-9-29-18/h3-5,7,11,16-17H,6,8-10,12H2,1-2H3/t16-,17+/m0/s1. The maximum absolute atomic E-state index is 15.1. The quantitative estimate of drug-likeness (QED) is 0.637. The largest absolute Gasteiger partial charge is 0.487 e. The smallest absolute Gasteiger partial charge is 0.274 e. The number of hydrogen-bond acceptors (Lipinski definition) is 7. The summed E-state index contributed by atoms with van der Waals surface area (Å²) in [7, 11) is 0. The van der Waals surface area contributed by atoms with Crippen LogP contribution in [0, 0.1) is 13.8 Å². The van der Waals surface area contributed by atoms with Crippen molar-refractivity contribution in [3.63, 3.8) is 0 Å². The van der Waals surface area contributed by atoms with Crippen LogP contribution in [0.1, 0.15) is 17.5 Å². The highest BCUT2D eigenvalue weighted by Crippen LogP contribution is 2.35. The van der Waals surface area contributed by atoms with Crippen molar-refractivity contribution in [3.8, 4) is 17.2 Å². The van der Waals surface area contributed by atoms with Crippen molar-refractivity contribution in [1.29, 1.82) is 0 Å². The van der Waals surface area contributed by atoms with E-state index in [1.807, 2.05) is 18.7 Å². The fourth-order valence-electron chi connectivity index (χ4n) is 4.04. The molecule has 3 aromatic rings. The molecule has 0 radical (unpaired) electrons. The molecule has 0 amide bonds. The zero-order valence-corrected chi connectivity index (χ0v) is 17.4. The van der Waals surface area contributed by atoms with Crippen LogP contribution in [0.3, 0.4) is 0 Å². The lowest BCUT2D eigenvalue weighted by atomic mass is 10.0. The van der Waals surface area contributed by atoms with E-state index in [9.17, 15) is 4.79 Å². The van der Waals surface area contributed by atoms with Crippen LogP contribution in [-0.2, 0) is 0 Å². The molecule has 2 aliphatic heterocycles. The van der Waals surface area contributed by atoms with Gasteiger partial charge in [-0.2, -0.15) is 4.52 Å². The number of ether oxygens (including phenoxy) is 3. The number of rotatable bonds is 3. The number of anilines is 1. The minimum Gasteiger partial charge on any atom is -0.487 e. The van der Waals surface area contributed by atoms with Gasteiger partial charge in [0, 0.05) is 42.4 Å². The molecule has 2 aliphatic rings. The van der Waals surface area contributed by atoms with Gasteiger partial charge in [0.25, 0.3) is 5.56 Å². The summed E-state index contributed by atoms with van der Waals surface area (Å²) in [6.07, 6.45) is 0.161. The summed E-state index contributed by atoms with van der Waals surface area (Å²) < 4.78 is 33.4. The van der Waals surface area contributed by atoms with Crippen LogP contribution in [0.5, 0.6) is 17.2 Å². The molecular formula is C22H23FN4O4. The average Bonchev–Trinajstić information content (AvgIpc) is 2.78. The van der Waals surface area contributed by atoms with Crippen LogP contribution in [-0.4, -0.2) is 53.2 Å². The molecule has 8 nitrogen and oxygen atoms in total. The zero-order valence-electron chi connectivity index (χ0n) is 17.4. The first-order valence-corrected chi connectivity index (χ1v) is 10.3. The third-order valence-corrected chi connectivity index (χ3v) is 5.83. The van der Waals surface area contributed by atoms with E-state index in [1.54, 1.807) is 18.2 Å². The topological polar surface area (TPSA) is 78.2 Å². The van der Waals surface area contributed by atoms with Crippen molar-refractivity contribution in [2.75, 3.05) is 31.2 Å². The first-order valence-electron chi connectivity index (χ1n) is 10.3. The fraction of sp³-hybridized carbons (Fsp3) is 0.409. The van der Waals surface area contributed by atoms with Gasteiger partial charge in [-0.05, 0) is 26.0 Å². The van der Waals surface area contributed by atoms with E-state index in [2.05, 4.69) is 10.1 Å². The molecule has 31 heavy (non-hydrogen) atoms. The predicted octanol–water partition coefficient (Wildman–Crippen LogP) is 2.47. The zero-order chi connectivity index (χ0) is 21.5. The van der Waals surface area contributed by atoms with E-state index in [4.69, 9.17) is 14.2 Å². The van der Waals surface area contributed by atoms with Crippen LogP contribution in [0.15, 0.2) is 35.3 Å². The molecule has 9 heteroatoms. The highest BCUT2D eigenvalue weighted by atomic mass is 19.1. The summed E-state index contributed by atoms with van der Waals surface area (Å²) in [6, 6.07) is 6.66. The van der Waals surface area contributed by atoms with Gasteiger partial charge in [0.05, 0.1) is 6.54 Å². The molecule has 2 aromatic heterocycles. The number of hydrogen-bond donors (Lipinski definition) is 0. The van der Waals surface area contributed by atoms with Crippen LogP contribution in [0.2, 0.25) is 0 Å². The SMILES string of the molecule is Cc1c(N2CC[C@@H](Oc3ccc4c(c3)OCCO4)[C@@H](F)C2)nn2c(=O)ccnc2c1C. The van der Waals surface area contributed by atoms with Crippen molar-refractivity contribution in [2.24, 2.45) is 0 Å². The second-order valence-corrected chi connectivity index (χ2v) is 7.80. The number of halogens is 1. The number of aromatic nitrogens is 3. The minimum atomic E-state index is -1.22. The van der Waals surface area contributed by atoms with Gasteiger partial charge in [-0.3, -0.25) is 4.79 Å². The van der Waals surface area contributed by atoms with Crippen molar-refractivity contribution in [1.82, 2.24) is 14.6 Å². The van der Waals surface area contributed by atoms with Gasteiger partial charge in [0.1, 0.15) is 25.1 Å². The molecule has 1 aromatic carbocycles. The fourth-order valence-corrected chi connectivity index (χ4v) is 4.04. The summed E-state index contributed by atoms with van der Waals surface area (Å²) in [4.78, 5) is 18.4. The third kappa shape index (κ3) is 3.54. The molecular weight excluding hydrogens is 403 g/mol. The van der Waals surface area contributed by atoms with E-state index in [0.29, 0.717) is 54.9 Å². The molecule has 0 unspecified atom stereocenters. The van der Waals surface area contributed by atoms with Crippen molar-refractivity contribution in [2.45, 2.75) is 32.5 Å². The molecule has 5 rings (SSSR count). The molecule has 1 fully saturated rings. The van der Waals surface area contributed by atoms with Gasteiger partial charge in [0.15, 0.2) is 29.1 Å². The summed E-state index contributed by atoms with van der Waals surface area (Å²) in [5, 5.41) is 4.48. The van der Waals surface area contributed by atoms with E-state index in [-0.39, 0.29) is 12.1 Å². The Labute approximate surface area is 178 Å². The summed E-state index contributed by atoms with van der Waals surface area (Å²) in [6.45, 7) is 5.50. The first-order chi connectivity index (χ1) is 15.0. The Morgan fingerprint density at radius 1 is 1.13 bits per heavy atom. The van der Waals surface area contributed by atoms with Crippen LogP contribution >= 0.6 is 0 Å². The Morgan fingerprint density at radius 2 is 1.94 bits per heavy atom. The van der Waals surface area contributed by atoms with Gasteiger partial charge < -0.3 is 19.1 Å². The lowest BCUT2D eigenvalue weighted by Gasteiger charge is -2.36. The number of benzene rings is 1. The summed E-state index contributed by atoms with van der Waals surface area (Å²) in [5.74, 6) is 2.43. The van der Waals surface area contributed by atoms with Crippen molar-refractivity contribution < 1.29 is 18.6 Å². The summed E-state index contributed by atoms with van der Waals surface area (Å²) >= 11 is 0. The number of fused-ring (bicyclic) bond motifs is 2. The minimum absolute atomic E-state index is 0.128. The molecule has 0 saturated carbocycles. The normalized spacial score (nSPS) is 20.7. The summed E-state index contributed by atoms with van der Waals surface area (Å²) in [5.41, 5.74) is 2.00. The number of aryl methyl sites for hydroxylation is 1. The molecule has 162 valence electrons. The predicted molar refractivity (Wildman–Crippen MR) is 112 cm³/mol. The van der Waals surface area contributed by atoms with E-state index in [0.717, 1.165) is 11.1 Å². The number of piperidine rings is 1. The van der Waals surface area contributed by atoms with Crippen LogP contribution in [0.25, 0.3) is 5.65 Å². The first kappa shape index (κ1) is 19.6. The van der Waals surface area contributed by atoms with Gasteiger partial charge in [0.2, 0.25) is 0 Å². The van der Waals surface area contributed by atoms with Gasteiger partial charge in [-0.25, -0.2) is 9.37 Å². The van der Waals surface area contributed by atoms with Crippen LogP contribution in [0.4, 0.5) is 10.2 Å². The van der Waals surface area contributed by atoms with E-state index in [1.165, 1.54) is 16.8 Å². The third-order valence-electron chi connectivity index (χ3n) is 5.83. The Kier molecular flexibility index (Phi) is 4.88. The highest BCUT2D eigenvalue weighted by Gasteiger charge is 2.33. The number of alkyl halides is 1. The van der Waals surface area contributed by atoms with Crippen LogP contribution < -0.4 is 24.7 Å². The molecule has 0 bridgehead atoms. The van der Waals surface area contributed by atoms with E-state index < -0.39 is 12.3 Å². The number of nitrogens with zero attached hydrogens (tertiary/aromatic N) is 4. The van der Waals surface area contributed by atoms with Crippen molar-refractivity contribution >= 4 is 11.5 Å². The Morgan fingerprint density at radius 3 is 2.74 bits per heavy atom. The second-order valence-electron chi connectivity index (χ2n) is 7.80. The highest BCUT2D eigenvalue weighted by molar-refractivity contribution is 5.59. The molecule has 1 saturated heterocycles. The maximum atomic E-state index is 15.1. The lowest BCUT2D eigenvalue weighted by Crippen LogP contribution is -2.48. The molecule has 2 atom stereocenters. The van der Waals surface area contributed by atoms with Gasteiger partial charge in [-0.1, -0.05) is 0 Å². The Bertz CT molecular complexity index is 1200. The monoisotopic (exact) mass is 426 g/mol. The lowest BCUT2D eigenvalue weighted by molar-refractivity contribution is 0.0809. The average molecular weight is 426 g/mol. The molecule has 4 heterocycles. The Balaban J connectivity index is 1.35. The van der Waals surface area contributed by atoms with Crippen molar-refractivity contribution in [3.05, 3.63) is 51.9 Å². The van der Waals surface area contributed by atoms with E-state index >= 15 is 4.39 Å². The second kappa shape index (κ2) is 7.72.